The molecule has 1 aromatic rings. The summed E-state index contributed by atoms with van der Waals surface area (Å²) in [4.78, 5) is 6.53. The van der Waals surface area contributed by atoms with Gasteiger partial charge in [-0.15, -0.1) is 0 Å². The van der Waals surface area contributed by atoms with Gasteiger partial charge in [0.15, 0.2) is 0 Å². The smallest absolute Gasteiger partial charge is 0.140 e. The Balaban J connectivity index is 2.23. The lowest BCUT2D eigenvalue weighted by Gasteiger charge is -2.13. The SMILES string of the molecule is CCCn1ncnc1CNCCN(C)CC. The Bertz CT molecular complexity index is 284. The molecule has 1 N–H and O–H groups in total. The van der Waals surface area contributed by atoms with Gasteiger partial charge in [0.2, 0.25) is 0 Å². The molecule has 0 aromatic carbocycles. The largest absolute Gasteiger partial charge is 0.309 e. The van der Waals surface area contributed by atoms with Crippen LogP contribution in [0.15, 0.2) is 6.33 Å². The molecule has 0 aliphatic rings. The molecule has 92 valence electrons. The first-order valence-electron chi connectivity index (χ1n) is 6.03. The molecule has 0 spiro atoms. The van der Waals surface area contributed by atoms with Crippen LogP contribution in [0.2, 0.25) is 0 Å². The lowest BCUT2D eigenvalue weighted by Crippen LogP contribution is -2.29. The molecule has 0 saturated heterocycles. The summed E-state index contributed by atoms with van der Waals surface area (Å²) in [7, 11) is 2.13. The zero-order chi connectivity index (χ0) is 11.8. The number of aryl methyl sites for hydroxylation is 1. The van der Waals surface area contributed by atoms with Crippen LogP contribution in [-0.2, 0) is 13.1 Å². The van der Waals surface area contributed by atoms with Crippen LogP contribution in [0.5, 0.6) is 0 Å². The van der Waals surface area contributed by atoms with Crippen LogP contribution < -0.4 is 5.32 Å². The van der Waals surface area contributed by atoms with Gasteiger partial charge in [0.1, 0.15) is 12.2 Å². The van der Waals surface area contributed by atoms with Crippen LogP contribution >= 0.6 is 0 Å². The van der Waals surface area contributed by atoms with Crippen molar-refractivity contribution in [3.63, 3.8) is 0 Å². The second-order valence-corrected chi connectivity index (χ2v) is 3.97. The van der Waals surface area contributed by atoms with Crippen molar-refractivity contribution in [2.24, 2.45) is 0 Å². The van der Waals surface area contributed by atoms with Crippen molar-refractivity contribution in [1.82, 2.24) is 25.0 Å². The third-order valence-electron chi connectivity index (χ3n) is 2.62. The molecule has 0 radical (unpaired) electrons. The quantitative estimate of drug-likeness (QED) is 0.663. The van der Waals surface area contributed by atoms with E-state index in [2.05, 4.69) is 41.2 Å². The Kier molecular flexibility index (Phi) is 6.03. The number of nitrogens with one attached hydrogen (secondary N) is 1. The van der Waals surface area contributed by atoms with E-state index in [9.17, 15) is 0 Å². The first kappa shape index (κ1) is 13.1. The third-order valence-corrected chi connectivity index (χ3v) is 2.62. The highest BCUT2D eigenvalue weighted by molar-refractivity contribution is 4.83. The van der Waals surface area contributed by atoms with Crippen molar-refractivity contribution < 1.29 is 0 Å². The van der Waals surface area contributed by atoms with Gasteiger partial charge in [0, 0.05) is 19.6 Å². The van der Waals surface area contributed by atoms with Crippen molar-refractivity contribution in [3.05, 3.63) is 12.2 Å². The van der Waals surface area contributed by atoms with E-state index in [1.54, 1.807) is 6.33 Å². The van der Waals surface area contributed by atoms with Gasteiger partial charge < -0.3 is 10.2 Å². The van der Waals surface area contributed by atoms with E-state index in [4.69, 9.17) is 0 Å². The summed E-state index contributed by atoms with van der Waals surface area (Å²) in [6.45, 7) is 9.21. The second kappa shape index (κ2) is 7.35. The Morgan fingerprint density at radius 1 is 1.44 bits per heavy atom. The molecule has 0 atom stereocenters. The van der Waals surface area contributed by atoms with E-state index in [1.165, 1.54) is 0 Å². The van der Waals surface area contributed by atoms with E-state index >= 15 is 0 Å². The molecular formula is C11H23N5. The monoisotopic (exact) mass is 225 g/mol. The Hall–Kier alpha value is -0.940. The molecule has 5 heteroatoms. The van der Waals surface area contributed by atoms with Gasteiger partial charge in [0.05, 0.1) is 6.54 Å². The molecule has 16 heavy (non-hydrogen) atoms. The summed E-state index contributed by atoms with van der Waals surface area (Å²) in [5.41, 5.74) is 0. The normalized spacial score (nSPS) is 11.2. The summed E-state index contributed by atoms with van der Waals surface area (Å²) in [5, 5.41) is 7.58. The number of likely N-dealkylation sites (N-methyl/N-ethyl adjacent to an activating group) is 1. The number of rotatable bonds is 8. The summed E-state index contributed by atoms with van der Waals surface area (Å²) in [6, 6.07) is 0. The lowest BCUT2D eigenvalue weighted by atomic mass is 10.4. The summed E-state index contributed by atoms with van der Waals surface area (Å²) < 4.78 is 1.97. The van der Waals surface area contributed by atoms with Crippen molar-refractivity contribution in [2.75, 3.05) is 26.7 Å². The number of nitrogens with zero attached hydrogens (tertiary/aromatic N) is 4. The molecule has 1 aromatic heterocycles. The van der Waals surface area contributed by atoms with Crippen LogP contribution in [0.25, 0.3) is 0 Å². The Morgan fingerprint density at radius 2 is 2.25 bits per heavy atom. The van der Waals surface area contributed by atoms with E-state index in [0.717, 1.165) is 45.0 Å². The molecule has 0 unspecified atom stereocenters. The predicted octanol–water partition coefficient (Wildman–Crippen LogP) is 0.729. The maximum absolute atomic E-state index is 4.25. The second-order valence-electron chi connectivity index (χ2n) is 3.97. The summed E-state index contributed by atoms with van der Waals surface area (Å²) in [5.74, 6) is 1.03. The standard InChI is InChI=1S/C11H23N5/c1-4-7-16-11(13-10-14-16)9-12-6-8-15(3)5-2/h10,12H,4-9H2,1-3H3. The highest BCUT2D eigenvalue weighted by Gasteiger charge is 2.02. The fraction of sp³-hybridized carbons (Fsp3) is 0.818. The molecule has 1 rings (SSSR count). The van der Waals surface area contributed by atoms with Gasteiger partial charge in [-0.1, -0.05) is 13.8 Å². The van der Waals surface area contributed by atoms with Crippen LogP contribution in [-0.4, -0.2) is 46.3 Å². The van der Waals surface area contributed by atoms with Gasteiger partial charge in [-0.2, -0.15) is 5.10 Å². The highest BCUT2D eigenvalue weighted by Crippen LogP contribution is 1.95. The Morgan fingerprint density at radius 3 is 2.94 bits per heavy atom. The van der Waals surface area contributed by atoms with Crippen molar-refractivity contribution in [3.8, 4) is 0 Å². The lowest BCUT2D eigenvalue weighted by molar-refractivity contribution is 0.347. The average molecular weight is 225 g/mol. The zero-order valence-electron chi connectivity index (χ0n) is 10.6. The minimum atomic E-state index is 0.803. The molecule has 0 aliphatic carbocycles. The number of hydrogen-bond acceptors (Lipinski definition) is 4. The predicted molar refractivity (Wildman–Crippen MR) is 65.2 cm³/mol. The van der Waals surface area contributed by atoms with E-state index in [-0.39, 0.29) is 0 Å². The van der Waals surface area contributed by atoms with Crippen molar-refractivity contribution >= 4 is 0 Å². The maximum Gasteiger partial charge on any atom is 0.140 e. The minimum absolute atomic E-state index is 0.803. The highest BCUT2D eigenvalue weighted by atomic mass is 15.3. The van der Waals surface area contributed by atoms with Gasteiger partial charge in [-0.05, 0) is 20.0 Å². The fourth-order valence-corrected chi connectivity index (χ4v) is 1.45. The zero-order valence-corrected chi connectivity index (χ0v) is 10.6. The molecule has 0 bridgehead atoms. The molecule has 1 heterocycles. The summed E-state index contributed by atoms with van der Waals surface area (Å²) in [6.07, 6.45) is 2.72. The first-order valence-corrected chi connectivity index (χ1v) is 6.03. The molecule has 0 fully saturated rings. The molecular weight excluding hydrogens is 202 g/mol. The van der Waals surface area contributed by atoms with Crippen LogP contribution in [0.1, 0.15) is 26.1 Å². The van der Waals surface area contributed by atoms with Crippen LogP contribution in [0.4, 0.5) is 0 Å². The number of aromatic nitrogens is 3. The Labute approximate surface area is 97.9 Å². The van der Waals surface area contributed by atoms with Crippen molar-refractivity contribution in [2.45, 2.75) is 33.4 Å². The first-order chi connectivity index (χ1) is 7.77. The van der Waals surface area contributed by atoms with E-state index in [1.807, 2.05) is 4.68 Å². The van der Waals surface area contributed by atoms with Gasteiger partial charge >= 0.3 is 0 Å². The summed E-state index contributed by atoms with van der Waals surface area (Å²) >= 11 is 0. The fourth-order valence-electron chi connectivity index (χ4n) is 1.45. The molecule has 5 nitrogen and oxygen atoms in total. The van der Waals surface area contributed by atoms with E-state index in [0.29, 0.717) is 0 Å². The van der Waals surface area contributed by atoms with Crippen molar-refractivity contribution in [1.29, 1.82) is 0 Å². The topological polar surface area (TPSA) is 46.0 Å². The van der Waals surface area contributed by atoms with Crippen LogP contribution in [0.3, 0.4) is 0 Å². The average Bonchev–Trinajstić information content (AvgIpc) is 2.72. The molecule has 0 saturated carbocycles. The van der Waals surface area contributed by atoms with Gasteiger partial charge in [-0.25, -0.2) is 9.67 Å². The maximum atomic E-state index is 4.25. The van der Waals surface area contributed by atoms with Gasteiger partial charge in [-0.3, -0.25) is 0 Å². The third kappa shape index (κ3) is 4.28. The minimum Gasteiger partial charge on any atom is -0.309 e. The van der Waals surface area contributed by atoms with Crippen LogP contribution in [0, 0.1) is 0 Å². The van der Waals surface area contributed by atoms with E-state index < -0.39 is 0 Å². The van der Waals surface area contributed by atoms with Gasteiger partial charge in [0.25, 0.3) is 0 Å². The molecule has 0 amide bonds. The molecule has 0 aliphatic heterocycles. The number of hydrogen-bond donors (Lipinski definition) is 1.